The number of aromatic hydroxyl groups is 1. The van der Waals surface area contributed by atoms with Crippen molar-refractivity contribution in [2.75, 3.05) is 18.5 Å². The molecule has 3 aromatic rings. The Kier molecular flexibility index (Phi) is 3.34. The lowest BCUT2D eigenvalue weighted by molar-refractivity contribution is 0.0954. The van der Waals surface area contributed by atoms with Crippen molar-refractivity contribution in [2.45, 2.75) is 4.90 Å². The molecule has 2 aromatic heterocycles. The van der Waals surface area contributed by atoms with Crippen LogP contribution in [-0.2, 0) is 9.84 Å². The highest BCUT2D eigenvalue weighted by atomic mass is 32.2. The number of fused-ring (bicyclic) bond motifs is 3. The number of nitrogens with zero attached hydrogens (tertiary/aromatic N) is 1. The maximum absolute atomic E-state index is 12.4. The number of carbonyl (C=O) groups is 1. The monoisotopic (exact) mass is 373 g/mol. The number of anilines is 1. The molecule has 4 rings (SSSR count). The number of H-pyrrole nitrogens is 2. The molecule has 0 spiro atoms. The standard InChI is InChI=1S/C16H15N5O4S/c1-26(24,25)7-2-3-10-9(6-7)11-8(12-15(23)21-16(17)20-12)4-5-18-14(22)13(11)19-10/h2-4,6,19,23H,5H2,1H3,(H,18,22)(H3,17,20,21). The fourth-order valence-corrected chi connectivity index (χ4v) is 3.73. The Hall–Kier alpha value is -3.27. The summed E-state index contributed by atoms with van der Waals surface area (Å²) in [6, 6.07) is 4.58. The minimum atomic E-state index is -3.43. The van der Waals surface area contributed by atoms with Crippen LogP contribution in [0.15, 0.2) is 29.2 Å². The van der Waals surface area contributed by atoms with Gasteiger partial charge in [-0.05, 0) is 18.2 Å². The van der Waals surface area contributed by atoms with Crippen molar-refractivity contribution in [3.63, 3.8) is 0 Å². The SMILES string of the molecule is CS(=O)(=O)c1ccc2[nH]c3c(c2c1)C(c1[nH]c(N)nc1O)=CCNC3=O. The van der Waals surface area contributed by atoms with Gasteiger partial charge in [0.05, 0.1) is 4.90 Å². The molecule has 6 N–H and O–H groups in total. The van der Waals surface area contributed by atoms with Crippen LogP contribution >= 0.6 is 0 Å². The average Bonchev–Trinajstić information content (AvgIpc) is 3.05. The number of nitrogen functional groups attached to an aromatic ring is 1. The lowest BCUT2D eigenvalue weighted by atomic mass is 9.99. The van der Waals surface area contributed by atoms with E-state index in [0.717, 1.165) is 6.26 Å². The van der Waals surface area contributed by atoms with E-state index in [1.54, 1.807) is 12.1 Å². The predicted molar refractivity (Wildman–Crippen MR) is 95.5 cm³/mol. The van der Waals surface area contributed by atoms with Gasteiger partial charge in [0, 0.05) is 34.8 Å². The number of hydrogen-bond acceptors (Lipinski definition) is 6. The second kappa shape index (κ2) is 5.36. The van der Waals surface area contributed by atoms with Crippen LogP contribution in [0.5, 0.6) is 5.88 Å². The summed E-state index contributed by atoms with van der Waals surface area (Å²) < 4.78 is 23.9. The maximum Gasteiger partial charge on any atom is 0.268 e. The summed E-state index contributed by atoms with van der Waals surface area (Å²) in [5.41, 5.74) is 7.70. The van der Waals surface area contributed by atoms with Crippen LogP contribution in [0, 0.1) is 0 Å². The van der Waals surface area contributed by atoms with Crippen LogP contribution in [0.2, 0.25) is 0 Å². The van der Waals surface area contributed by atoms with Gasteiger partial charge in [-0.1, -0.05) is 6.08 Å². The quantitative estimate of drug-likeness (QED) is 0.447. The Labute approximate surface area is 147 Å². The van der Waals surface area contributed by atoms with Crippen molar-refractivity contribution in [1.82, 2.24) is 20.3 Å². The molecule has 0 aliphatic carbocycles. The zero-order chi connectivity index (χ0) is 18.6. The lowest BCUT2D eigenvalue weighted by Gasteiger charge is -2.06. The number of aromatic nitrogens is 3. The summed E-state index contributed by atoms with van der Waals surface area (Å²) in [5, 5.41) is 13.3. The highest BCUT2D eigenvalue weighted by Crippen LogP contribution is 2.37. The molecule has 1 aliphatic rings. The van der Waals surface area contributed by atoms with Crippen LogP contribution in [0.25, 0.3) is 16.5 Å². The molecule has 0 atom stereocenters. The second-order valence-electron chi connectivity index (χ2n) is 6.00. The van der Waals surface area contributed by atoms with E-state index in [1.807, 2.05) is 0 Å². The first kappa shape index (κ1) is 16.2. The van der Waals surface area contributed by atoms with Crippen molar-refractivity contribution in [3.05, 3.63) is 41.2 Å². The summed E-state index contributed by atoms with van der Waals surface area (Å²) >= 11 is 0. The van der Waals surface area contributed by atoms with Gasteiger partial charge < -0.3 is 26.1 Å². The van der Waals surface area contributed by atoms with Gasteiger partial charge in [0.15, 0.2) is 9.84 Å². The molecule has 1 aliphatic heterocycles. The third-order valence-corrected chi connectivity index (χ3v) is 5.35. The number of aromatic amines is 2. The van der Waals surface area contributed by atoms with Crippen molar-refractivity contribution >= 4 is 38.2 Å². The van der Waals surface area contributed by atoms with Gasteiger partial charge in [-0.3, -0.25) is 4.79 Å². The molecule has 0 unspecified atom stereocenters. The molecule has 10 heteroatoms. The van der Waals surface area contributed by atoms with Crippen molar-refractivity contribution in [2.24, 2.45) is 0 Å². The highest BCUT2D eigenvalue weighted by Gasteiger charge is 2.27. The molecule has 3 heterocycles. The van der Waals surface area contributed by atoms with Gasteiger partial charge in [-0.15, -0.1) is 0 Å². The van der Waals surface area contributed by atoms with Crippen LogP contribution in [0.4, 0.5) is 5.95 Å². The second-order valence-corrected chi connectivity index (χ2v) is 8.02. The maximum atomic E-state index is 12.4. The van der Waals surface area contributed by atoms with E-state index >= 15 is 0 Å². The largest absolute Gasteiger partial charge is 0.492 e. The Morgan fingerprint density at radius 3 is 2.65 bits per heavy atom. The molecule has 1 amide bonds. The number of sulfone groups is 1. The van der Waals surface area contributed by atoms with Crippen molar-refractivity contribution < 1.29 is 18.3 Å². The van der Waals surface area contributed by atoms with Crippen molar-refractivity contribution in [1.29, 1.82) is 0 Å². The normalized spacial score (nSPS) is 14.7. The summed E-state index contributed by atoms with van der Waals surface area (Å²) in [4.78, 5) is 22.1. The Bertz CT molecular complexity index is 1200. The first-order chi connectivity index (χ1) is 12.3. The summed E-state index contributed by atoms with van der Waals surface area (Å²) in [6.07, 6.45) is 2.82. The molecule has 0 radical (unpaired) electrons. The Morgan fingerprint density at radius 2 is 2.00 bits per heavy atom. The molecule has 0 bridgehead atoms. The van der Waals surface area contributed by atoms with Gasteiger partial charge in [-0.25, -0.2) is 8.42 Å². The van der Waals surface area contributed by atoms with E-state index < -0.39 is 9.84 Å². The molecular formula is C16H15N5O4S. The average molecular weight is 373 g/mol. The van der Waals surface area contributed by atoms with E-state index in [2.05, 4.69) is 20.3 Å². The first-order valence-corrected chi connectivity index (χ1v) is 9.54. The number of benzene rings is 1. The zero-order valence-electron chi connectivity index (χ0n) is 13.6. The summed E-state index contributed by atoms with van der Waals surface area (Å²) in [6.45, 7) is 0.225. The topological polar surface area (TPSA) is 154 Å². The van der Waals surface area contributed by atoms with Gasteiger partial charge >= 0.3 is 0 Å². The smallest absolute Gasteiger partial charge is 0.268 e. The highest BCUT2D eigenvalue weighted by molar-refractivity contribution is 7.90. The lowest BCUT2D eigenvalue weighted by Crippen LogP contribution is -2.22. The number of nitrogens with one attached hydrogen (secondary N) is 3. The zero-order valence-corrected chi connectivity index (χ0v) is 14.4. The van der Waals surface area contributed by atoms with E-state index in [1.165, 1.54) is 12.1 Å². The minimum absolute atomic E-state index is 0.0279. The molecule has 1 aromatic carbocycles. The third kappa shape index (κ3) is 2.42. The fourth-order valence-electron chi connectivity index (χ4n) is 3.08. The van der Waals surface area contributed by atoms with Crippen LogP contribution in [-0.4, -0.2) is 47.2 Å². The predicted octanol–water partition coefficient (Wildman–Crippen LogP) is 0.757. The molecule has 0 saturated carbocycles. The van der Waals surface area contributed by atoms with Crippen LogP contribution < -0.4 is 11.1 Å². The number of nitrogens with two attached hydrogens (primary N) is 1. The van der Waals surface area contributed by atoms with E-state index in [9.17, 15) is 18.3 Å². The van der Waals surface area contributed by atoms with Gasteiger partial charge in [0.1, 0.15) is 11.4 Å². The summed E-state index contributed by atoms with van der Waals surface area (Å²) in [5.74, 6) is -0.613. The van der Waals surface area contributed by atoms with Crippen LogP contribution in [0.1, 0.15) is 21.7 Å². The fraction of sp³-hybridized carbons (Fsp3) is 0.125. The third-order valence-electron chi connectivity index (χ3n) is 4.24. The first-order valence-electron chi connectivity index (χ1n) is 7.65. The minimum Gasteiger partial charge on any atom is -0.492 e. The number of carbonyl (C=O) groups excluding carboxylic acids is 1. The number of hydrogen-bond donors (Lipinski definition) is 5. The number of amides is 1. The molecule has 134 valence electrons. The molecule has 0 fully saturated rings. The van der Waals surface area contributed by atoms with Gasteiger partial charge in [0.25, 0.3) is 5.91 Å². The molecule has 9 nitrogen and oxygen atoms in total. The molecule has 0 saturated heterocycles. The number of rotatable bonds is 2. The van der Waals surface area contributed by atoms with E-state index in [4.69, 9.17) is 5.73 Å². The number of imidazole rings is 1. The van der Waals surface area contributed by atoms with E-state index in [0.29, 0.717) is 22.0 Å². The molecular weight excluding hydrogens is 358 g/mol. The Balaban J connectivity index is 2.07. The Morgan fingerprint density at radius 1 is 1.23 bits per heavy atom. The van der Waals surface area contributed by atoms with Crippen molar-refractivity contribution in [3.8, 4) is 5.88 Å². The van der Waals surface area contributed by atoms with Gasteiger partial charge in [0.2, 0.25) is 11.8 Å². The van der Waals surface area contributed by atoms with Gasteiger partial charge in [-0.2, -0.15) is 4.98 Å². The summed E-state index contributed by atoms with van der Waals surface area (Å²) in [7, 11) is -3.43. The van der Waals surface area contributed by atoms with E-state index in [-0.39, 0.29) is 40.6 Å². The van der Waals surface area contributed by atoms with Crippen LogP contribution in [0.3, 0.4) is 0 Å². The molecule has 26 heavy (non-hydrogen) atoms.